The van der Waals surface area contributed by atoms with Crippen LogP contribution in [0.1, 0.15) is 10.4 Å². The Morgan fingerprint density at radius 2 is 2.00 bits per heavy atom. The first kappa shape index (κ1) is 16.7. The molecule has 1 N–H and O–H groups in total. The molecular weight excluding hydrogens is 343 g/mol. The molecule has 5 nitrogen and oxygen atoms in total. The third-order valence-corrected chi connectivity index (χ3v) is 3.68. The molecule has 2 aromatic carbocycles. The van der Waals surface area contributed by atoms with Crippen LogP contribution in [0.15, 0.2) is 49.1 Å². The van der Waals surface area contributed by atoms with E-state index in [9.17, 15) is 9.18 Å². The number of nitrogens with zero attached hydrogens (tertiary/aromatic N) is 3. The van der Waals surface area contributed by atoms with Gasteiger partial charge in [0, 0.05) is 17.6 Å². The molecule has 3 aromatic rings. The second kappa shape index (κ2) is 7.16. The van der Waals surface area contributed by atoms with Crippen LogP contribution in [0.2, 0.25) is 5.02 Å². The van der Waals surface area contributed by atoms with Gasteiger partial charge >= 0.3 is 0 Å². The monoisotopic (exact) mass is 354 g/mol. The van der Waals surface area contributed by atoms with Crippen LogP contribution in [0.3, 0.4) is 0 Å². The molecule has 0 spiro atoms. The molecule has 124 valence electrons. The zero-order valence-corrected chi connectivity index (χ0v) is 13.9. The van der Waals surface area contributed by atoms with Crippen molar-refractivity contribution in [2.45, 2.75) is 0 Å². The average molecular weight is 355 g/mol. The van der Waals surface area contributed by atoms with E-state index >= 15 is 0 Å². The molecule has 3 rings (SSSR count). The van der Waals surface area contributed by atoms with Crippen molar-refractivity contribution < 1.29 is 9.18 Å². The van der Waals surface area contributed by atoms with Crippen molar-refractivity contribution in [3.63, 3.8) is 0 Å². The lowest BCUT2D eigenvalue weighted by molar-refractivity contribution is 0.102. The lowest BCUT2D eigenvalue weighted by Crippen LogP contribution is -2.14. The van der Waals surface area contributed by atoms with Crippen molar-refractivity contribution in [1.29, 1.82) is 0 Å². The molecule has 0 saturated heterocycles. The number of amides is 1. The summed E-state index contributed by atoms with van der Waals surface area (Å²) in [7, 11) is 1.75. The number of anilines is 3. The number of nitrogens with one attached hydrogen (secondary N) is 1. The number of benzene rings is 1. The number of hydrogen-bond acceptors (Lipinski definition) is 4. The molecule has 0 saturated carbocycles. The van der Waals surface area contributed by atoms with Crippen molar-refractivity contribution in [3.05, 3.63) is 77.6 Å². The smallest absolute Gasteiger partial charge is 0.255 e. The summed E-state index contributed by atoms with van der Waals surface area (Å²) in [6, 6.07) is 12.9. The standard InChI is InChI=1S/C18H12ClFN4O/c1-24(15-9-21-11-22-10-15)14-5-6-16(20)17(8-14)23-18(25)12-3-2-4-13(19)7-12/h2-4,7-11H,1H3,(H,23,25). The summed E-state index contributed by atoms with van der Waals surface area (Å²) in [6.07, 6.45) is 4.62. The fourth-order valence-electron chi connectivity index (χ4n) is 2.12. The van der Waals surface area contributed by atoms with Gasteiger partial charge in [-0.1, -0.05) is 17.7 Å². The van der Waals surface area contributed by atoms with Gasteiger partial charge in [0.05, 0.1) is 29.5 Å². The van der Waals surface area contributed by atoms with Gasteiger partial charge in [-0.2, -0.15) is 4.39 Å². The first-order chi connectivity index (χ1) is 12.0. The molecule has 0 aliphatic heterocycles. The number of halogens is 2. The van der Waals surface area contributed by atoms with Gasteiger partial charge in [-0.3, -0.25) is 4.79 Å². The van der Waals surface area contributed by atoms with Crippen LogP contribution in [0.5, 0.6) is 0 Å². The Kier molecular flexibility index (Phi) is 4.78. The molecule has 0 atom stereocenters. The maximum atomic E-state index is 14.0. The van der Waals surface area contributed by atoms with E-state index in [1.54, 1.807) is 42.5 Å². The summed E-state index contributed by atoms with van der Waals surface area (Å²) in [5.41, 5.74) is 1.50. The van der Waals surface area contributed by atoms with Crippen LogP contribution < -0.4 is 10.2 Å². The van der Waals surface area contributed by atoms with Gasteiger partial charge in [0.25, 0.3) is 5.91 Å². The second-order valence-corrected chi connectivity index (χ2v) is 5.56. The molecule has 1 amide bonds. The topological polar surface area (TPSA) is 58.1 Å². The number of hydrogen-bond donors (Lipinski definition) is 1. The highest BCUT2D eigenvalue weighted by Crippen LogP contribution is 2.24. The van der Waals surface area contributed by atoms with Crippen molar-refractivity contribution in [3.8, 4) is 0 Å². The summed E-state index contributed by atoms with van der Waals surface area (Å²) < 4.78 is 14.0. The Hall–Kier alpha value is -3.17. The van der Waals surface area contributed by atoms with E-state index in [4.69, 9.17) is 11.6 Å². The lowest BCUT2D eigenvalue weighted by Gasteiger charge is -2.17. The average Bonchev–Trinajstić information content (AvgIpc) is 2.63. The third-order valence-electron chi connectivity index (χ3n) is 3.45. The molecule has 0 bridgehead atoms. The van der Waals surface area contributed by atoms with Crippen LogP contribution in [-0.2, 0) is 0 Å². The first-order valence-electron chi connectivity index (χ1n) is 7.24. The van der Waals surface area contributed by atoms with E-state index in [-0.39, 0.29) is 5.69 Å². The van der Waals surface area contributed by atoms with Gasteiger partial charge in [-0.05, 0) is 36.4 Å². The van der Waals surface area contributed by atoms with Gasteiger partial charge in [-0.25, -0.2) is 9.97 Å². The van der Waals surface area contributed by atoms with Gasteiger partial charge in [0.15, 0.2) is 5.82 Å². The fourth-order valence-corrected chi connectivity index (χ4v) is 2.31. The number of aromatic nitrogens is 2. The molecule has 1 heterocycles. The Labute approximate surface area is 149 Å². The van der Waals surface area contributed by atoms with Crippen LogP contribution >= 0.6 is 11.6 Å². The summed E-state index contributed by atoms with van der Waals surface area (Å²) in [4.78, 5) is 21.8. The predicted octanol–water partition coefficient (Wildman–Crippen LogP) is 3.89. The molecule has 0 radical (unpaired) electrons. The molecule has 0 unspecified atom stereocenters. The third kappa shape index (κ3) is 3.84. The zero-order chi connectivity index (χ0) is 17.8. The lowest BCUT2D eigenvalue weighted by atomic mass is 10.2. The van der Waals surface area contributed by atoms with Crippen molar-refractivity contribution in [2.24, 2.45) is 0 Å². The van der Waals surface area contributed by atoms with Gasteiger partial charge < -0.3 is 10.2 Å². The molecule has 0 fully saturated rings. The summed E-state index contributed by atoms with van der Waals surface area (Å²) >= 11 is 5.87. The van der Waals surface area contributed by atoms with Crippen LogP contribution in [0.25, 0.3) is 0 Å². The Bertz CT molecular complexity index is 905. The minimum atomic E-state index is -0.711. The minimum absolute atomic E-state index is 0.0116. The first-order valence-corrected chi connectivity index (χ1v) is 7.61. The molecule has 7 heteroatoms. The summed E-state index contributed by atoms with van der Waals surface area (Å²) in [6.45, 7) is 0. The zero-order valence-electron chi connectivity index (χ0n) is 13.1. The number of carbonyl (C=O) groups excluding carboxylic acids is 1. The van der Waals surface area contributed by atoms with E-state index < -0.39 is 11.7 Å². The Morgan fingerprint density at radius 3 is 2.72 bits per heavy atom. The van der Waals surface area contributed by atoms with Gasteiger partial charge in [0.1, 0.15) is 6.33 Å². The molecule has 0 aliphatic rings. The highest BCUT2D eigenvalue weighted by molar-refractivity contribution is 6.31. The van der Waals surface area contributed by atoms with Crippen LogP contribution in [-0.4, -0.2) is 22.9 Å². The fraction of sp³-hybridized carbons (Fsp3) is 0.0556. The largest absolute Gasteiger partial charge is 0.335 e. The molecule has 1 aromatic heterocycles. The van der Waals surface area contributed by atoms with E-state index in [0.717, 1.165) is 0 Å². The quantitative estimate of drug-likeness (QED) is 0.772. The summed E-state index contributed by atoms with van der Waals surface area (Å²) in [5, 5.41) is 2.94. The van der Waals surface area contributed by atoms with E-state index in [2.05, 4.69) is 27.4 Å². The van der Waals surface area contributed by atoms with E-state index in [1.165, 1.54) is 18.5 Å². The van der Waals surface area contributed by atoms with Crippen molar-refractivity contribution >= 4 is 34.6 Å². The maximum absolute atomic E-state index is 14.0. The van der Waals surface area contributed by atoms with Gasteiger partial charge in [0.2, 0.25) is 0 Å². The molecule has 25 heavy (non-hydrogen) atoms. The van der Waals surface area contributed by atoms with Crippen LogP contribution in [0.4, 0.5) is 21.5 Å². The number of carbonyl (C=O) groups is 1. The Balaban J connectivity index is 1.86. The maximum Gasteiger partial charge on any atom is 0.255 e. The molecule has 0 aliphatic carbocycles. The van der Waals surface area contributed by atoms with Crippen molar-refractivity contribution in [1.82, 2.24) is 9.97 Å². The van der Waals surface area contributed by atoms with E-state index in [0.29, 0.717) is 22.0 Å². The van der Waals surface area contributed by atoms with Crippen LogP contribution in [0, 0.1) is 17.9 Å². The van der Waals surface area contributed by atoms with Crippen molar-refractivity contribution in [2.75, 3.05) is 17.3 Å². The predicted molar refractivity (Wildman–Crippen MR) is 93.6 cm³/mol. The van der Waals surface area contributed by atoms with E-state index in [1.807, 2.05) is 0 Å². The highest BCUT2D eigenvalue weighted by atomic mass is 35.5. The number of rotatable bonds is 4. The highest BCUT2D eigenvalue weighted by Gasteiger charge is 2.12. The summed E-state index contributed by atoms with van der Waals surface area (Å²) in [5.74, 6) is -1.19. The SMILES string of the molecule is CN(c1c#cc(F)c(NC(=O)c2cccc(Cl)c2)c1)c1cncnc1. The van der Waals surface area contributed by atoms with Gasteiger partial charge in [-0.15, -0.1) is 0 Å². The Morgan fingerprint density at radius 1 is 1.24 bits per heavy atom. The second-order valence-electron chi connectivity index (χ2n) is 5.13. The minimum Gasteiger partial charge on any atom is -0.335 e. The normalized spacial score (nSPS) is 10.0. The molecular formula is C18H12ClFN4O.